The van der Waals surface area contributed by atoms with E-state index in [4.69, 9.17) is 14.2 Å². The van der Waals surface area contributed by atoms with Gasteiger partial charge in [0.25, 0.3) is 0 Å². The fourth-order valence-corrected chi connectivity index (χ4v) is 5.92. The lowest BCUT2D eigenvalue weighted by molar-refractivity contribution is -0.161. The molecule has 0 aromatic heterocycles. The Bertz CT molecular complexity index is 987. The first-order valence-corrected chi connectivity index (χ1v) is 12.4. The van der Waals surface area contributed by atoms with Gasteiger partial charge in [-0.25, -0.2) is 9.59 Å². The molecule has 4 heterocycles. The summed E-state index contributed by atoms with van der Waals surface area (Å²) in [5.41, 5.74) is 4.56. The highest BCUT2D eigenvalue weighted by Crippen LogP contribution is 2.43. The summed E-state index contributed by atoms with van der Waals surface area (Å²) in [4.78, 5) is 28.1. The summed E-state index contributed by atoms with van der Waals surface area (Å²) in [6, 6.07) is 3.65. The molecule has 1 aromatic carbocycles. The van der Waals surface area contributed by atoms with E-state index < -0.39 is 12.4 Å². The largest absolute Gasteiger partial charge is 0.457 e. The van der Waals surface area contributed by atoms with Crippen molar-refractivity contribution in [2.24, 2.45) is 5.41 Å². The van der Waals surface area contributed by atoms with Crippen molar-refractivity contribution in [2.75, 3.05) is 39.3 Å². The first kappa shape index (κ1) is 23.3. The maximum atomic E-state index is 11.8. The third-order valence-corrected chi connectivity index (χ3v) is 8.15. The lowest BCUT2D eigenvalue weighted by Crippen LogP contribution is -2.48. The zero-order valence-electron chi connectivity index (χ0n) is 20.0. The van der Waals surface area contributed by atoms with Gasteiger partial charge in [0.2, 0.25) is 6.29 Å². The van der Waals surface area contributed by atoms with Crippen molar-refractivity contribution in [3.8, 4) is 0 Å². The van der Waals surface area contributed by atoms with Gasteiger partial charge >= 0.3 is 11.9 Å². The Morgan fingerprint density at radius 2 is 1.85 bits per heavy atom. The number of piperidine rings is 2. The van der Waals surface area contributed by atoms with Crippen molar-refractivity contribution in [1.29, 1.82) is 0 Å². The van der Waals surface area contributed by atoms with Crippen molar-refractivity contribution in [3.05, 3.63) is 46.2 Å². The van der Waals surface area contributed by atoms with Crippen LogP contribution in [0.4, 0.5) is 0 Å². The van der Waals surface area contributed by atoms with Crippen LogP contribution in [-0.4, -0.2) is 72.5 Å². The average Bonchev–Trinajstić information content (AvgIpc) is 3.39. The van der Waals surface area contributed by atoms with E-state index in [1.807, 2.05) is 19.9 Å². The molecule has 0 saturated carbocycles. The molecule has 184 valence electrons. The van der Waals surface area contributed by atoms with Gasteiger partial charge in [-0.05, 0) is 75.2 Å². The van der Waals surface area contributed by atoms with Crippen LogP contribution in [0.3, 0.4) is 0 Å². The highest BCUT2D eigenvalue weighted by molar-refractivity contribution is 5.94. The molecule has 34 heavy (non-hydrogen) atoms. The summed E-state index contributed by atoms with van der Waals surface area (Å²) in [5, 5.41) is 11.0. The number of carbonyl (C=O) groups is 2. The molecule has 0 radical (unpaired) electrons. The van der Waals surface area contributed by atoms with Crippen molar-refractivity contribution in [2.45, 2.75) is 58.5 Å². The molecule has 2 fully saturated rings. The highest BCUT2D eigenvalue weighted by Gasteiger charge is 2.40. The van der Waals surface area contributed by atoms with E-state index in [0.29, 0.717) is 30.7 Å². The third kappa shape index (κ3) is 4.34. The zero-order chi connectivity index (χ0) is 23.9. The molecule has 1 aromatic rings. The van der Waals surface area contributed by atoms with Crippen LogP contribution in [0.5, 0.6) is 0 Å². The Kier molecular flexibility index (Phi) is 6.39. The monoisotopic (exact) mass is 470 g/mol. The summed E-state index contributed by atoms with van der Waals surface area (Å²) in [7, 11) is 0. The van der Waals surface area contributed by atoms with Crippen LogP contribution in [0, 0.1) is 12.3 Å². The van der Waals surface area contributed by atoms with Gasteiger partial charge in [0, 0.05) is 37.9 Å². The summed E-state index contributed by atoms with van der Waals surface area (Å²) in [6.45, 7) is 9.01. The number of β-amino-alcohol motifs (C(OH)–C–C–N with tert-alkyl or cyclic N) is 1. The summed E-state index contributed by atoms with van der Waals surface area (Å²) >= 11 is 0. The van der Waals surface area contributed by atoms with Crippen molar-refractivity contribution >= 4 is 11.9 Å². The minimum absolute atomic E-state index is 0.275. The van der Waals surface area contributed by atoms with Gasteiger partial charge in [0.15, 0.2) is 0 Å². The Morgan fingerprint density at radius 1 is 1.15 bits per heavy atom. The molecule has 0 amide bonds. The van der Waals surface area contributed by atoms with Gasteiger partial charge in [-0.15, -0.1) is 0 Å². The minimum Gasteiger partial charge on any atom is -0.457 e. The van der Waals surface area contributed by atoms with E-state index >= 15 is 0 Å². The summed E-state index contributed by atoms with van der Waals surface area (Å²) in [6.07, 6.45) is 4.83. The lowest BCUT2D eigenvalue weighted by Gasteiger charge is -2.48. The number of esters is 2. The third-order valence-electron chi connectivity index (χ3n) is 8.15. The molecule has 1 N–H and O–H groups in total. The Balaban J connectivity index is 1.14. The Labute approximate surface area is 200 Å². The number of nitrogens with zero attached hydrogens (tertiary/aromatic N) is 2. The average molecular weight is 471 g/mol. The number of carbonyl (C=O) groups excluding carboxylic acids is 2. The topological polar surface area (TPSA) is 88.5 Å². The first-order chi connectivity index (χ1) is 16.4. The second-order valence-electron chi connectivity index (χ2n) is 9.98. The second kappa shape index (κ2) is 9.32. The fourth-order valence-electron chi connectivity index (χ4n) is 5.92. The summed E-state index contributed by atoms with van der Waals surface area (Å²) in [5.74, 6) is -0.596. The normalized spacial score (nSPS) is 25.2. The number of likely N-dealkylation sites (tertiary alicyclic amines) is 2. The number of hydrogen-bond acceptors (Lipinski definition) is 8. The van der Waals surface area contributed by atoms with Gasteiger partial charge in [0.1, 0.15) is 6.61 Å². The number of aliphatic hydroxyl groups is 1. The number of rotatable bonds is 6. The van der Waals surface area contributed by atoms with Crippen molar-refractivity contribution in [3.63, 3.8) is 0 Å². The Morgan fingerprint density at radius 3 is 2.56 bits per heavy atom. The molecule has 2 saturated heterocycles. The molecular formula is C26H34N2O6. The van der Waals surface area contributed by atoms with Gasteiger partial charge in [-0.2, -0.15) is 0 Å². The predicted octanol–water partition coefficient (Wildman–Crippen LogP) is 2.68. The van der Waals surface area contributed by atoms with Crippen LogP contribution >= 0.6 is 0 Å². The zero-order valence-corrected chi connectivity index (χ0v) is 20.0. The van der Waals surface area contributed by atoms with Gasteiger partial charge in [-0.1, -0.05) is 6.07 Å². The maximum Gasteiger partial charge on any atom is 0.338 e. The SMILES string of the molecule is CCOC1OC(=O)C=C1N1CCC2(CCN(CC(O)c3ccc4c(c3C)COC4=O)CC2)CC1. The van der Waals surface area contributed by atoms with Crippen LogP contribution in [-0.2, 0) is 25.6 Å². The molecule has 4 aliphatic heterocycles. The van der Waals surface area contributed by atoms with E-state index in [2.05, 4.69) is 9.80 Å². The smallest absolute Gasteiger partial charge is 0.338 e. The van der Waals surface area contributed by atoms with Crippen LogP contribution in [0.25, 0.3) is 0 Å². The fraction of sp³-hybridized carbons (Fsp3) is 0.615. The standard InChI is InChI=1S/C26H34N2O6/c1-3-32-25-21(14-23(30)34-25)28-12-8-26(9-13-28)6-10-27(11-7-26)15-22(29)18-4-5-19-20(17(18)2)16-33-24(19)31/h4-5,14,22,25,29H,3,6-13,15-16H2,1-2H3. The molecular weight excluding hydrogens is 436 g/mol. The number of cyclic esters (lactones) is 2. The van der Waals surface area contributed by atoms with Crippen molar-refractivity contribution in [1.82, 2.24) is 9.80 Å². The molecule has 5 rings (SSSR count). The molecule has 8 nitrogen and oxygen atoms in total. The van der Waals surface area contributed by atoms with Crippen LogP contribution < -0.4 is 0 Å². The first-order valence-electron chi connectivity index (χ1n) is 12.4. The molecule has 0 aliphatic carbocycles. The summed E-state index contributed by atoms with van der Waals surface area (Å²) < 4.78 is 16.0. The second-order valence-corrected chi connectivity index (χ2v) is 9.98. The molecule has 2 atom stereocenters. The lowest BCUT2D eigenvalue weighted by atomic mass is 9.71. The van der Waals surface area contributed by atoms with Gasteiger partial charge in [0.05, 0.1) is 17.4 Å². The minimum atomic E-state index is -0.584. The van der Waals surface area contributed by atoms with E-state index in [9.17, 15) is 14.7 Å². The molecule has 1 spiro atoms. The number of ether oxygens (including phenoxy) is 3. The van der Waals surface area contributed by atoms with Gasteiger partial charge in [-0.3, -0.25) is 0 Å². The van der Waals surface area contributed by atoms with Crippen LogP contribution in [0.2, 0.25) is 0 Å². The Hall–Kier alpha value is -2.42. The van der Waals surface area contributed by atoms with E-state index in [-0.39, 0.29) is 11.9 Å². The number of hydrogen-bond donors (Lipinski definition) is 1. The van der Waals surface area contributed by atoms with E-state index in [1.165, 1.54) is 0 Å². The number of benzene rings is 1. The number of aliphatic hydroxyl groups excluding tert-OH is 1. The van der Waals surface area contributed by atoms with E-state index in [1.54, 1.807) is 12.1 Å². The van der Waals surface area contributed by atoms with E-state index in [0.717, 1.165) is 74.2 Å². The predicted molar refractivity (Wildman–Crippen MR) is 124 cm³/mol. The van der Waals surface area contributed by atoms with Crippen LogP contribution in [0.1, 0.15) is 65.8 Å². The maximum absolute atomic E-state index is 11.8. The molecule has 2 unspecified atom stereocenters. The van der Waals surface area contributed by atoms with Crippen LogP contribution in [0.15, 0.2) is 23.9 Å². The molecule has 0 bridgehead atoms. The van der Waals surface area contributed by atoms with Gasteiger partial charge < -0.3 is 29.1 Å². The highest BCUT2D eigenvalue weighted by atomic mass is 16.7. The number of fused-ring (bicyclic) bond motifs is 1. The molecule has 4 aliphatic rings. The quantitative estimate of drug-likeness (QED) is 0.635. The van der Waals surface area contributed by atoms with Crippen molar-refractivity contribution < 1.29 is 28.9 Å². The molecule has 8 heteroatoms.